The zero-order valence-electron chi connectivity index (χ0n) is 9.89. The number of hydrogen-bond acceptors (Lipinski definition) is 3. The molecule has 1 aromatic carbocycles. The molecular weight excluding hydrogens is 226 g/mol. The van der Waals surface area contributed by atoms with E-state index >= 15 is 0 Å². The Morgan fingerprint density at radius 3 is 2.89 bits per heavy atom. The molecule has 1 fully saturated rings. The summed E-state index contributed by atoms with van der Waals surface area (Å²) in [7, 11) is 0. The molecule has 0 radical (unpaired) electrons. The molecule has 1 amide bonds. The number of nitriles is 2. The highest BCUT2D eigenvalue weighted by molar-refractivity contribution is 5.94. The second kappa shape index (κ2) is 5.33. The van der Waals surface area contributed by atoms with Gasteiger partial charge in [0.15, 0.2) is 0 Å². The van der Waals surface area contributed by atoms with Gasteiger partial charge in [-0.25, -0.2) is 0 Å². The highest BCUT2D eigenvalue weighted by Gasteiger charge is 2.28. The summed E-state index contributed by atoms with van der Waals surface area (Å²) in [5.41, 5.74) is 0.934. The summed E-state index contributed by atoms with van der Waals surface area (Å²) < 4.78 is 0. The van der Waals surface area contributed by atoms with Gasteiger partial charge < -0.3 is 5.32 Å². The van der Waals surface area contributed by atoms with E-state index in [-0.39, 0.29) is 17.9 Å². The third-order valence-electron chi connectivity index (χ3n) is 3.25. The average molecular weight is 239 g/mol. The van der Waals surface area contributed by atoms with Crippen LogP contribution in [-0.4, -0.2) is 11.9 Å². The van der Waals surface area contributed by atoms with Crippen LogP contribution in [0.4, 0.5) is 0 Å². The predicted molar refractivity (Wildman–Crippen MR) is 65.4 cm³/mol. The zero-order chi connectivity index (χ0) is 13.0. The molecule has 1 saturated carbocycles. The molecule has 0 spiro atoms. The first-order valence-electron chi connectivity index (χ1n) is 5.95. The summed E-state index contributed by atoms with van der Waals surface area (Å²) in [4.78, 5) is 12.0. The Morgan fingerprint density at radius 1 is 1.33 bits per heavy atom. The Kier molecular flexibility index (Phi) is 3.60. The average Bonchev–Trinajstić information content (AvgIpc) is 2.86. The van der Waals surface area contributed by atoms with Gasteiger partial charge in [-0.05, 0) is 37.5 Å². The molecule has 1 aliphatic carbocycles. The van der Waals surface area contributed by atoms with E-state index in [1.165, 1.54) is 0 Å². The Bertz CT molecular complexity index is 539. The molecule has 18 heavy (non-hydrogen) atoms. The van der Waals surface area contributed by atoms with E-state index in [0.29, 0.717) is 11.1 Å². The van der Waals surface area contributed by atoms with Crippen molar-refractivity contribution in [3.05, 3.63) is 35.4 Å². The van der Waals surface area contributed by atoms with Crippen LogP contribution in [0.25, 0.3) is 0 Å². The van der Waals surface area contributed by atoms with E-state index in [0.717, 1.165) is 19.3 Å². The second-order valence-corrected chi connectivity index (χ2v) is 4.44. The van der Waals surface area contributed by atoms with Crippen LogP contribution in [0.3, 0.4) is 0 Å². The van der Waals surface area contributed by atoms with Crippen molar-refractivity contribution in [2.45, 2.75) is 25.3 Å². The number of nitrogens with one attached hydrogen (secondary N) is 1. The van der Waals surface area contributed by atoms with Crippen LogP contribution < -0.4 is 5.32 Å². The molecule has 2 unspecified atom stereocenters. The fraction of sp³-hybridized carbons (Fsp3) is 0.357. The SMILES string of the molecule is N#Cc1cccc(C(=O)NC2CCCC2C#N)c1. The molecule has 0 saturated heterocycles. The van der Waals surface area contributed by atoms with E-state index in [2.05, 4.69) is 11.4 Å². The summed E-state index contributed by atoms with van der Waals surface area (Å²) in [6, 6.07) is 10.7. The van der Waals surface area contributed by atoms with Crippen LogP contribution in [0, 0.1) is 28.6 Å². The van der Waals surface area contributed by atoms with Gasteiger partial charge in [-0.15, -0.1) is 0 Å². The maximum atomic E-state index is 12.0. The standard InChI is InChI=1S/C14H13N3O/c15-8-10-3-1-4-11(7-10)14(18)17-13-6-2-5-12(13)9-16/h1,3-4,7,12-13H,2,5-6H2,(H,17,18). The van der Waals surface area contributed by atoms with E-state index in [9.17, 15) is 4.79 Å². The molecule has 4 nitrogen and oxygen atoms in total. The summed E-state index contributed by atoms with van der Waals surface area (Å²) in [5, 5.41) is 20.6. The molecule has 1 aromatic rings. The van der Waals surface area contributed by atoms with E-state index in [1.54, 1.807) is 24.3 Å². The van der Waals surface area contributed by atoms with Crippen LogP contribution in [0.5, 0.6) is 0 Å². The third-order valence-corrected chi connectivity index (χ3v) is 3.25. The number of benzene rings is 1. The van der Waals surface area contributed by atoms with Crippen LogP contribution in [-0.2, 0) is 0 Å². The van der Waals surface area contributed by atoms with Gasteiger partial charge in [0.25, 0.3) is 5.91 Å². The summed E-state index contributed by atoms with van der Waals surface area (Å²) in [6.07, 6.45) is 2.67. The molecule has 2 atom stereocenters. The smallest absolute Gasteiger partial charge is 0.251 e. The number of hydrogen-bond donors (Lipinski definition) is 1. The fourth-order valence-corrected chi connectivity index (χ4v) is 2.27. The van der Waals surface area contributed by atoms with Crippen molar-refractivity contribution in [3.63, 3.8) is 0 Å². The molecule has 2 rings (SSSR count). The normalized spacial score (nSPS) is 21.9. The van der Waals surface area contributed by atoms with Crippen molar-refractivity contribution in [2.24, 2.45) is 5.92 Å². The Labute approximate surface area is 106 Å². The lowest BCUT2D eigenvalue weighted by atomic mass is 10.0. The van der Waals surface area contributed by atoms with Crippen LogP contribution in [0.15, 0.2) is 24.3 Å². The highest BCUT2D eigenvalue weighted by atomic mass is 16.1. The first-order valence-corrected chi connectivity index (χ1v) is 5.95. The molecule has 0 bridgehead atoms. The van der Waals surface area contributed by atoms with Gasteiger partial charge in [0.05, 0.1) is 23.6 Å². The Balaban J connectivity index is 2.08. The van der Waals surface area contributed by atoms with Gasteiger partial charge in [0.1, 0.15) is 0 Å². The monoisotopic (exact) mass is 239 g/mol. The van der Waals surface area contributed by atoms with E-state index < -0.39 is 0 Å². The van der Waals surface area contributed by atoms with Gasteiger partial charge in [-0.1, -0.05) is 6.07 Å². The minimum absolute atomic E-state index is 0.0618. The maximum absolute atomic E-state index is 12.0. The van der Waals surface area contributed by atoms with Crippen LogP contribution in [0.1, 0.15) is 35.2 Å². The molecule has 1 aliphatic rings. The highest BCUT2D eigenvalue weighted by Crippen LogP contribution is 2.25. The maximum Gasteiger partial charge on any atom is 0.251 e. The lowest BCUT2D eigenvalue weighted by molar-refractivity contribution is 0.0933. The molecule has 1 N–H and O–H groups in total. The summed E-state index contributed by atoms with van der Waals surface area (Å²) in [6.45, 7) is 0. The lowest BCUT2D eigenvalue weighted by Gasteiger charge is -2.15. The molecule has 90 valence electrons. The van der Waals surface area contributed by atoms with Gasteiger partial charge >= 0.3 is 0 Å². The van der Waals surface area contributed by atoms with E-state index in [4.69, 9.17) is 10.5 Å². The van der Waals surface area contributed by atoms with Crippen LogP contribution in [0.2, 0.25) is 0 Å². The van der Waals surface area contributed by atoms with Gasteiger partial charge in [0.2, 0.25) is 0 Å². The van der Waals surface area contributed by atoms with E-state index in [1.807, 2.05) is 6.07 Å². The largest absolute Gasteiger partial charge is 0.348 e. The Hall–Kier alpha value is -2.33. The predicted octanol–water partition coefficient (Wildman–Crippen LogP) is 1.98. The minimum Gasteiger partial charge on any atom is -0.348 e. The number of amides is 1. The van der Waals surface area contributed by atoms with Gasteiger partial charge in [-0.2, -0.15) is 10.5 Å². The van der Waals surface area contributed by atoms with Crippen molar-refractivity contribution in [2.75, 3.05) is 0 Å². The molecule has 0 aliphatic heterocycles. The van der Waals surface area contributed by atoms with Crippen LogP contribution >= 0.6 is 0 Å². The number of rotatable bonds is 2. The van der Waals surface area contributed by atoms with Crippen molar-refractivity contribution in [1.29, 1.82) is 10.5 Å². The number of nitrogens with zero attached hydrogens (tertiary/aromatic N) is 2. The third kappa shape index (κ3) is 2.49. The topological polar surface area (TPSA) is 76.7 Å². The first-order chi connectivity index (χ1) is 8.74. The number of carbonyl (C=O) groups excluding carboxylic acids is 1. The van der Waals surface area contributed by atoms with Gasteiger partial charge in [-0.3, -0.25) is 4.79 Å². The zero-order valence-corrected chi connectivity index (χ0v) is 9.89. The van der Waals surface area contributed by atoms with Crippen molar-refractivity contribution in [3.8, 4) is 12.1 Å². The quantitative estimate of drug-likeness (QED) is 0.857. The first kappa shape index (κ1) is 12.1. The summed E-state index contributed by atoms with van der Waals surface area (Å²) >= 11 is 0. The molecule has 4 heteroatoms. The lowest BCUT2D eigenvalue weighted by Crippen LogP contribution is -2.36. The van der Waals surface area contributed by atoms with Gasteiger partial charge in [0, 0.05) is 11.6 Å². The summed E-state index contributed by atoms with van der Waals surface area (Å²) in [5.74, 6) is -0.299. The fourth-order valence-electron chi connectivity index (χ4n) is 2.27. The molecule has 0 heterocycles. The van der Waals surface area contributed by atoms with Crippen molar-refractivity contribution in [1.82, 2.24) is 5.32 Å². The Morgan fingerprint density at radius 2 is 2.17 bits per heavy atom. The minimum atomic E-state index is -0.209. The number of carbonyl (C=O) groups is 1. The second-order valence-electron chi connectivity index (χ2n) is 4.44. The molecular formula is C14H13N3O. The van der Waals surface area contributed by atoms with Crippen molar-refractivity contribution < 1.29 is 4.79 Å². The van der Waals surface area contributed by atoms with Crippen molar-refractivity contribution >= 4 is 5.91 Å². The molecule has 0 aromatic heterocycles.